The second kappa shape index (κ2) is 5.30. The Bertz CT molecular complexity index is 743. The predicted molar refractivity (Wildman–Crippen MR) is 82.4 cm³/mol. The van der Waals surface area contributed by atoms with Crippen LogP contribution in [0.4, 0.5) is 0 Å². The summed E-state index contributed by atoms with van der Waals surface area (Å²) in [5.41, 5.74) is 1.76. The highest BCUT2D eigenvalue weighted by atomic mass is 32.1. The lowest BCUT2D eigenvalue weighted by molar-refractivity contribution is 0.0954. The Morgan fingerprint density at radius 2 is 2.00 bits per heavy atom. The smallest absolute Gasteiger partial charge is 0.263 e. The molecule has 0 atom stereocenters. The molecule has 6 heteroatoms. The number of benzene rings is 1. The van der Waals surface area contributed by atoms with E-state index in [4.69, 9.17) is 0 Å². The molecule has 1 aromatic carbocycles. The number of hydrogen-bond acceptors (Lipinski definition) is 5. The lowest BCUT2D eigenvalue weighted by Crippen LogP contribution is -2.22. The summed E-state index contributed by atoms with van der Waals surface area (Å²) in [6, 6.07) is 7.98. The van der Waals surface area contributed by atoms with Gasteiger partial charge in [0.05, 0.1) is 27.5 Å². The van der Waals surface area contributed by atoms with Gasteiger partial charge < -0.3 is 5.32 Å². The van der Waals surface area contributed by atoms with Crippen molar-refractivity contribution in [1.82, 2.24) is 15.3 Å². The number of aryl methyl sites for hydroxylation is 2. The van der Waals surface area contributed by atoms with E-state index in [-0.39, 0.29) is 5.91 Å². The Labute approximate surface area is 124 Å². The predicted octanol–water partition coefficient (Wildman–Crippen LogP) is 3.30. The van der Waals surface area contributed by atoms with Crippen LogP contribution in [0.2, 0.25) is 0 Å². The van der Waals surface area contributed by atoms with Crippen molar-refractivity contribution in [2.75, 3.05) is 0 Å². The van der Waals surface area contributed by atoms with Crippen LogP contribution in [0, 0.1) is 13.8 Å². The van der Waals surface area contributed by atoms with Crippen LogP contribution in [0.15, 0.2) is 24.3 Å². The Kier molecular flexibility index (Phi) is 3.50. The van der Waals surface area contributed by atoms with Crippen molar-refractivity contribution in [3.05, 3.63) is 44.9 Å². The molecule has 0 aliphatic rings. The van der Waals surface area contributed by atoms with Crippen molar-refractivity contribution in [2.24, 2.45) is 0 Å². The molecule has 20 heavy (non-hydrogen) atoms. The number of amides is 1. The average Bonchev–Trinajstić information content (AvgIpc) is 2.98. The maximum atomic E-state index is 12.1. The van der Waals surface area contributed by atoms with Crippen molar-refractivity contribution in [3.63, 3.8) is 0 Å². The standard InChI is InChI=1S/C14H13N3OS2/c1-8-13(19-9(2)16-8)14(18)15-7-12-17-10-5-3-4-6-11(10)20-12/h3-6H,7H2,1-2H3,(H,15,18). The van der Waals surface area contributed by atoms with E-state index >= 15 is 0 Å². The lowest BCUT2D eigenvalue weighted by atomic mass is 10.3. The maximum Gasteiger partial charge on any atom is 0.263 e. The first kappa shape index (κ1) is 13.2. The van der Waals surface area contributed by atoms with Gasteiger partial charge in [0, 0.05) is 0 Å². The molecule has 0 saturated carbocycles. The van der Waals surface area contributed by atoms with E-state index in [1.54, 1.807) is 11.3 Å². The van der Waals surface area contributed by atoms with Crippen LogP contribution in [-0.4, -0.2) is 15.9 Å². The van der Waals surface area contributed by atoms with Gasteiger partial charge in [-0.25, -0.2) is 9.97 Å². The van der Waals surface area contributed by atoms with Gasteiger partial charge in [0.15, 0.2) is 0 Å². The number of rotatable bonds is 3. The minimum atomic E-state index is -0.0765. The van der Waals surface area contributed by atoms with E-state index in [1.165, 1.54) is 11.3 Å². The Balaban J connectivity index is 1.73. The third-order valence-corrected chi connectivity index (χ3v) is 4.96. The number of carbonyl (C=O) groups is 1. The van der Waals surface area contributed by atoms with Gasteiger partial charge in [-0.1, -0.05) is 12.1 Å². The molecule has 0 aliphatic heterocycles. The van der Waals surface area contributed by atoms with Crippen LogP contribution < -0.4 is 5.32 Å². The van der Waals surface area contributed by atoms with Crippen LogP contribution in [0.1, 0.15) is 25.4 Å². The zero-order chi connectivity index (χ0) is 14.1. The molecule has 0 spiro atoms. The van der Waals surface area contributed by atoms with Gasteiger partial charge in [-0.05, 0) is 26.0 Å². The summed E-state index contributed by atoms with van der Waals surface area (Å²) >= 11 is 3.03. The van der Waals surface area contributed by atoms with Gasteiger partial charge in [-0.2, -0.15) is 0 Å². The fourth-order valence-corrected chi connectivity index (χ4v) is 3.72. The van der Waals surface area contributed by atoms with Gasteiger partial charge >= 0.3 is 0 Å². The summed E-state index contributed by atoms with van der Waals surface area (Å²) in [4.78, 5) is 21.6. The fraction of sp³-hybridized carbons (Fsp3) is 0.214. The topological polar surface area (TPSA) is 54.9 Å². The molecule has 0 unspecified atom stereocenters. The van der Waals surface area contributed by atoms with Gasteiger partial charge in [0.2, 0.25) is 0 Å². The van der Waals surface area contributed by atoms with Gasteiger partial charge in [0.25, 0.3) is 5.91 Å². The number of carbonyl (C=O) groups excluding carboxylic acids is 1. The van der Waals surface area contributed by atoms with Crippen LogP contribution in [0.3, 0.4) is 0 Å². The molecule has 1 N–H and O–H groups in total. The van der Waals surface area contributed by atoms with Crippen molar-refractivity contribution >= 4 is 38.8 Å². The first-order valence-electron chi connectivity index (χ1n) is 6.20. The Morgan fingerprint density at radius 1 is 1.20 bits per heavy atom. The molecule has 2 heterocycles. The summed E-state index contributed by atoms with van der Waals surface area (Å²) in [6.45, 7) is 4.21. The molecular weight excluding hydrogens is 290 g/mol. The number of thiazole rings is 2. The zero-order valence-corrected chi connectivity index (χ0v) is 12.8. The minimum Gasteiger partial charge on any atom is -0.345 e. The molecule has 0 aliphatic carbocycles. The normalized spacial score (nSPS) is 10.9. The first-order valence-corrected chi connectivity index (χ1v) is 7.83. The molecule has 4 nitrogen and oxygen atoms in total. The number of hydrogen-bond donors (Lipinski definition) is 1. The van der Waals surface area contributed by atoms with Crippen LogP contribution in [0.25, 0.3) is 10.2 Å². The molecule has 1 amide bonds. The molecule has 102 valence electrons. The molecule has 0 saturated heterocycles. The average molecular weight is 303 g/mol. The zero-order valence-electron chi connectivity index (χ0n) is 11.1. The fourth-order valence-electron chi connectivity index (χ4n) is 1.97. The third kappa shape index (κ3) is 2.57. The van der Waals surface area contributed by atoms with Crippen molar-refractivity contribution in [2.45, 2.75) is 20.4 Å². The molecule has 3 rings (SSSR count). The largest absolute Gasteiger partial charge is 0.345 e. The van der Waals surface area contributed by atoms with Crippen LogP contribution >= 0.6 is 22.7 Å². The summed E-state index contributed by atoms with van der Waals surface area (Å²) in [6.07, 6.45) is 0. The van der Waals surface area contributed by atoms with Gasteiger partial charge in [0.1, 0.15) is 9.88 Å². The van der Waals surface area contributed by atoms with Crippen molar-refractivity contribution in [1.29, 1.82) is 0 Å². The van der Waals surface area contributed by atoms with Crippen LogP contribution in [-0.2, 0) is 6.54 Å². The molecule has 2 aromatic heterocycles. The number of para-hydroxylation sites is 1. The number of nitrogens with zero attached hydrogens (tertiary/aromatic N) is 2. The summed E-state index contributed by atoms with van der Waals surface area (Å²) < 4.78 is 1.14. The lowest BCUT2D eigenvalue weighted by Gasteiger charge is -2.00. The molecule has 0 bridgehead atoms. The monoisotopic (exact) mass is 303 g/mol. The highest BCUT2D eigenvalue weighted by Gasteiger charge is 2.14. The van der Waals surface area contributed by atoms with E-state index in [0.29, 0.717) is 11.4 Å². The summed E-state index contributed by atoms with van der Waals surface area (Å²) in [5, 5.41) is 4.73. The maximum absolute atomic E-state index is 12.1. The second-order valence-electron chi connectivity index (χ2n) is 4.41. The Hall–Kier alpha value is -1.79. The SMILES string of the molecule is Cc1nc(C)c(C(=O)NCc2nc3ccccc3s2)s1. The third-order valence-electron chi connectivity index (χ3n) is 2.85. The van der Waals surface area contributed by atoms with Crippen LogP contribution in [0.5, 0.6) is 0 Å². The molecule has 3 aromatic rings. The minimum absolute atomic E-state index is 0.0765. The van der Waals surface area contributed by atoms with E-state index in [9.17, 15) is 4.79 Å². The highest BCUT2D eigenvalue weighted by Crippen LogP contribution is 2.22. The first-order chi connectivity index (χ1) is 9.63. The second-order valence-corrected chi connectivity index (χ2v) is 6.72. The van der Waals surface area contributed by atoms with E-state index in [1.807, 2.05) is 38.1 Å². The van der Waals surface area contributed by atoms with Gasteiger partial charge in [-0.15, -0.1) is 22.7 Å². The highest BCUT2D eigenvalue weighted by molar-refractivity contribution is 7.18. The summed E-state index contributed by atoms with van der Waals surface area (Å²) in [7, 11) is 0. The molecular formula is C14H13N3OS2. The Morgan fingerprint density at radius 3 is 2.70 bits per heavy atom. The molecule has 0 fully saturated rings. The quantitative estimate of drug-likeness (QED) is 0.807. The van der Waals surface area contributed by atoms with Crippen molar-refractivity contribution < 1.29 is 4.79 Å². The number of aromatic nitrogens is 2. The van der Waals surface area contributed by atoms with E-state index < -0.39 is 0 Å². The number of fused-ring (bicyclic) bond motifs is 1. The number of nitrogens with one attached hydrogen (secondary N) is 1. The van der Waals surface area contributed by atoms with E-state index in [2.05, 4.69) is 15.3 Å². The van der Waals surface area contributed by atoms with Crippen molar-refractivity contribution in [3.8, 4) is 0 Å². The van der Waals surface area contributed by atoms with Gasteiger partial charge in [-0.3, -0.25) is 4.79 Å². The summed E-state index contributed by atoms with van der Waals surface area (Å²) in [5.74, 6) is -0.0765. The van der Waals surface area contributed by atoms with E-state index in [0.717, 1.165) is 25.9 Å². The molecule has 0 radical (unpaired) electrons.